The molecule has 1 rings (SSSR count). The maximum Gasteiger partial charge on any atom is 0.411 e. The van der Waals surface area contributed by atoms with Crippen molar-refractivity contribution in [3.05, 3.63) is 0 Å². The van der Waals surface area contributed by atoms with Gasteiger partial charge in [-0.25, -0.2) is 14.4 Å². The van der Waals surface area contributed by atoms with Crippen molar-refractivity contribution in [3.63, 3.8) is 0 Å². The van der Waals surface area contributed by atoms with E-state index in [9.17, 15) is 14.4 Å². The van der Waals surface area contributed by atoms with E-state index in [1.54, 1.807) is 41.5 Å². The van der Waals surface area contributed by atoms with Crippen LogP contribution < -0.4 is 0 Å². The second kappa shape index (κ2) is 8.33. The molecule has 2 amide bonds. The number of carbonyl (C=O) groups is 3. The normalized spacial score (nSPS) is 20.9. The Labute approximate surface area is 160 Å². The van der Waals surface area contributed by atoms with Crippen LogP contribution >= 0.6 is 0 Å². The summed E-state index contributed by atoms with van der Waals surface area (Å²) >= 11 is 0. The van der Waals surface area contributed by atoms with Gasteiger partial charge >= 0.3 is 18.2 Å². The summed E-state index contributed by atoms with van der Waals surface area (Å²) in [6.45, 7) is 10.5. The second-order valence-electron chi connectivity index (χ2n) is 8.49. The highest BCUT2D eigenvalue weighted by atomic mass is 16.6. The molecule has 1 atom stereocenters. The van der Waals surface area contributed by atoms with Gasteiger partial charge in [0.25, 0.3) is 0 Å². The van der Waals surface area contributed by atoms with E-state index in [1.165, 1.54) is 24.0 Å². The number of carbonyl (C=O) groups excluding carboxylic acids is 3. The second-order valence-corrected chi connectivity index (χ2v) is 8.49. The standard InChI is InChI=1S/C18H32N2O7/c1-16(2,3)26-14(22)19-9-10-20(15(23)27-17(4,5)6)18(11-19,12-24-7)13(21)25-8/h9-12H2,1-8H3. The van der Waals surface area contributed by atoms with Gasteiger partial charge in [-0.2, -0.15) is 0 Å². The summed E-state index contributed by atoms with van der Waals surface area (Å²) in [5.74, 6) is -0.691. The van der Waals surface area contributed by atoms with Crippen molar-refractivity contribution < 1.29 is 33.3 Å². The molecule has 1 heterocycles. The zero-order valence-electron chi connectivity index (χ0n) is 17.6. The SMILES string of the molecule is COCC1(C(=O)OC)CN(C(=O)OC(C)(C)C)CCN1C(=O)OC(C)(C)C. The van der Waals surface area contributed by atoms with Crippen molar-refractivity contribution in [2.45, 2.75) is 58.3 Å². The average molecular weight is 388 g/mol. The summed E-state index contributed by atoms with van der Waals surface area (Å²) < 4.78 is 21.0. The first-order chi connectivity index (χ1) is 12.3. The minimum absolute atomic E-state index is 0.0760. The van der Waals surface area contributed by atoms with Gasteiger partial charge in [0.1, 0.15) is 11.2 Å². The van der Waals surface area contributed by atoms with Crippen LogP contribution in [0.5, 0.6) is 0 Å². The third-order valence-corrected chi connectivity index (χ3v) is 3.78. The maximum atomic E-state index is 12.7. The molecule has 0 N–H and O–H groups in total. The van der Waals surface area contributed by atoms with Gasteiger partial charge in [-0.15, -0.1) is 0 Å². The first kappa shape index (κ1) is 23.0. The molecule has 0 bridgehead atoms. The lowest BCUT2D eigenvalue weighted by atomic mass is 9.95. The lowest BCUT2D eigenvalue weighted by Gasteiger charge is -2.47. The Morgan fingerprint density at radius 2 is 1.41 bits per heavy atom. The number of nitrogens with zero attached hydrogens (tertiary/aromatic N) is 2. The van der Waals surface area contributed by atoms with Crippen molar-refractivity contribution in [2.24, 2.45) is 0 Å². The number of hydrogen-bond acceptors (Lipinski definition) is 7. The van der Waals surface area contributed by atoms with Crippen molar-refractivity contribution in [3.8, 4) is 0 Å². The Morgan fingerprint density at radius 1 is 0.889 bits per heavy atom. The van der Waals surface area contributed by atoms with Crippen molar-refractivity contribution in [1.82, 2.24) is 9.80 Å². The molecule has 0 radical (unpaired) electrons. The molecule has 0 aliphatic carbocycles. The molecule has 27 heavy (non-hydrogen) atoms. The summed E-state index contributed by atoms with van der Waals surface area (Å²) in [5, 5.41) is 0. The fourth-order valence-electron chi connectivity index (χ4n) is 2.77. The monoisotopic (exact) mass is 388 g/mol. The molecule has 1 aliphatic heterocycles. The lowest BCUT2D eigenvalue weighted by molar-refractivity contribution is -0.163. The van der Waals surface area contributed by atoms with E-state index < -0.39 is 34.9 Å². The highest BCUT2D eigenvalue weighted by Gasteiger charge is 2.54. The van der Waals surface area contributed by atoms with E-state index in [0.29, 0.717) is 0 Å². The largest absolute Gasteiger partial charge is 0.467 e. The van der Waals surface area contributed by atoms with E-state index in [4.69, 9.17) is 18.9 Å². The maximum absolute atomic E-state index is 12.7. The van der Waals surface area contributed by atoms with Crippen LogP contribution in [0.15, 0.2) is 0 Å². The molecule has 1 aliphatic rings. The van der Waals surface area contributed by atoms with E-state index in [-0.39, 0.29) is 26.2 Å². The van der Waals surface area contributed by atoms with Crippen molar-refractivity contribution in [1.29, 1.82) is 0 Å². The quantitative estimate of drug-likeness (QED) is 0.539. The zero-order chi connectivity index (χ0) is 21.0. The number of rotatable bonds is 3. The molecule has 9 nitrogen and oxygen atoms in total. The Hall–Kier alpha value is -2.03. The lowest BCUT2D eigenvalue weighted by Crippen LogP contribution is -2.71. The van der Waals surface area contributed by atoms with Gasteiger partial charge in [0.05, 0.1) is 20.3 Å². The van der Waals surface area contributed by atoms with Crippen LogP contribution in [0.3, 0.4) is 0 Å². The van der Waals surface area contributed by atoms with E-state index in [2.05, 4.69) is 0 Å². The number of amides is 2. The Kier molecular flexibility index (Phi) is 7.10. The zero-order valence-corrected chi connectivity index (χ0v) is 17.6. The summed E-state index contributed by atoms with van der Waals surface area (Å²) in [6.07, 6.45) is -1.25. The third-order valence-electron chi connectivity index (χ3n) is 3.78. The van der Waals surface area contributed by atoms with Gasteiger partial charge in [-0.1, -0.05) is 0 Å². The fraction of sp³-hybridized carbons (Fsp3) is 0.833. The predicted octanol–water partition coefficient (Wildman–Crippen LogP) is 2.03. The first-order valence-electron chi connectivity index (χ1n) is 8.81. The van der Waals surface area contributed by atoms with E-state index in [0.717, 1.165) is 0 Å². The van der Waals surface area contributed by atoms with Gasteiger partial charge in [-0.05, 0) is 41.5 Å². The number of hydrogen-bond donors (Lipinski definition) is 0. The Bertz CT molecular complexity index is 565. The smallest absolute Gasteiger partial charge is 0.411 e. The Balaban J connectivity index is 3.21. The molecule has 0 aromatic rings. The third kappa shape index (κ3) is 5.98. The van der Waals surface area contributed by atoms with Crippen LogP contribution in [0.4, 0.5) is 9.59 Å². The topological polar surface area (TPSA) is 94.6 Å². The summed E-state index contributed by atoms with van der Waals surface area (Å²) in [5.41, 5.74) is -2.95. The summed E-state index contributed by atoms with van der Waals surface area (Å²) in [7, 11) is 2.63. The van der Waals surface area contributed by atoms with Gasteiger partial charge < -0.3 is 23.8 Å². The van der Waals surface area contributed by atoms with Gasteiger partial charge in [0.2, 0.25) is 0 Å². The van der Waals surface area contributed by atoms with Crippen LogP contribution in [-0.4, -0.2) is 85.2 Å². The van der Waals surface area contributed by atoms with Gasteiger partial charge in [0, 0.05) is 20.2 Å². The molecule has 1 unspecified atom stereocenters. The first-order valence-corrected chi connectivity index (χ1v) is 8.81. The van der Waals surface area contributed by atoms with Crippen molar-refractivity contribution in [2.75, 3.05) is 40.5 Å². The summed E-state index contributed by atoms with van der Waals surface area (Å²) in [4.78, 5) is 40.6. The molecule has 1 saturated heterocycles. The van der Waals surface area contributed by atoms with Crippen LogP contribution in [0, 0.1) is 0 Å². The van der Waals surface area contributed by atoms with Crippen LogP contribution in [0.1, 0.15) is 41.5 Å². The average Bonchev–Trinajstić information content (AvgIpc) is 2.50. The molecule has 0 saturated carbocycles. The molecule has 0 spiro atoms. The number of methoxy groups -OCH3 is 2. The predicted molar refractivity (Wildman–Crippen MR) is 97.4 cm³/mol. The van der Waals surface area contributed by atoms with E-state index in [1.807, 2.05) is 0 Å². The van der Waals surface area contributed by atoms with Gasteiger partial charge in [-0.3, -0.25) is 4.90 Å². The van der Waals surface area contributed by atoms with E-state index >= 15 is 0 Å². The highest BCUT2D eigenvalue weighted by Crippen LogP contribution is 2.27. The van der Waals surface area contributed by atoms with Crippen LogP contribution in [-0.2, 0) is 23.7 Å². The minimum Gasteiger partial charge on any atom is -0.467 e. The van der Waals surface area contributed by atoms with Crippen LogP contribution in [0.25, 0.3) is 0 Å². The van der Waals surface area contributed by atoms with Gasteiger partial charge in [0.15, 0.2) is 5.54 Å². The van der Waals surface area contributed by atoms with Crippen molar-refractivity contribution >= 4 is 18.2 Å². The molecule has 156 valence electrons. The summed E-state index contributed by atoms with van der Waals surface area (Å²) in [6, 6.07) is 0. The molecule has 1 fully saturated rings. The van der Waals surface area contributed by atoms with Crippen LogP contribution in [0.2, 0.25) is 0 Å². The molecule has 9 heteroatoms. The number of esters is 1. The number of ether oxygens (including phenoxy) is 4. The highest BCUT2D eigenvalue weighted by molar-refractivity contribution is 5.87. The molecule has 0 aromatic carbocycles. The molecule has 0 aromatic heterocycles. The Morgan fingerprint density at radius 3 is 1.85 bits per heavy atom. The molecular weight excluding hydrogens is 356 g/mol. The number of piperazine rings is 1. The molecular formula is C18H32N2O7. The minimum atomic E-state index is -1.53. The fourth-order valence-corrected chi connectivity index (χ4v) is 2.77.